The summed E-state index contributed by atoms with van der Waals surface area (Å²) in [6, 6.07) is 13.7. The van der Waals surface area contributed by atoms with Crippen molar-refractivity contribution in [3.63, 3.8) is 0 Å². The van der Waals surface area contributed by atoms with Crippen LogP contribution in [-0.2, 0) is 17.9 Å². The van der Waals surface area contributed by atoms with Crippen molar-refractivity contribution in [2.75, 3.05) is 13.1 Å². The fourth-order valence-electron chi connectivity index (χ4n) is 5.15. The number of fused-ring (bicyclic) bond motifs is 3. The van der Waals surface area contributed by atoms with Crippen LogP contribution in [0.15, 0.2) is 54.7 Å². The van der Waals surface area contributed by atoms with Gasteiger partial charge in [0.25, 0.3) is 0 Å². The smallest absolute Gasteiger partial charge is 0.229 e. The Labute approximate surface area is 185 Å². The molecule has 1 aromatic heterocycles. The molecular formula is C24H27FN5O2+. The van der Waals surface area contributed by atoms with Crippen LogP contribution >= 0.6 is 0 Å². The average Bonchev–Trinajstić information content (AvgIpc) is 3.27. The number of benzene rings is 2. The molecule has 0 radical (unpaired) electrons. The summed E-state index contributed by atoms with van der Waals surface area (Å²) in [5.41, 5.74) is 2.48. The number of halogens is 1. The third-order valence-corrected chi connectivity index (χ3v) is 6.86. The van der Waals surface area contributed by atoms with E-state index < -0.39 is 0 Å². The highest BCUT2D eigenvalue weighted by molar-refractivity contribution is 5.79. The highest BCUT2D eigenvalue weighted by Crippen LogP contribution is 2.28. The number of phenolic OH excluding ortho intramolecular Hbond substituents is 1. The van der Waals surface area contributed by atoms with Gasteiger partial charge in [-0.25, -0.2) is 9.07 Å². The van der Waals surface area contributed by atoms with E-state index in [1.54, 1.807) is 30.3 Å². The normalized spacial score (nSPS) is 24.4. The number of hydrogen-bond donors (Lipinski definition) is 3. The van der Waals surface area contributed by atoms with E-state index in [4.69, 9.17) is 0 Å². The Morgan fingerprint density at radius 3 is 2.84 bits per heavy atom. The zero-order valence-corrected chi connectivity index (χ0v) is 17.7. The van der Waals surface area contributed by atoms with E-state index >= 15 is 0 Å². The first-order chi connectivity index (χ1) is 15.5. The van der Waals surface area contributed by atoms with E-state index in [0.717, 1.165) is 49.3 Å². The number of carbonyl (C=O) groups excluding carboxylic acids is 1. The molecule has 6 rings (SSSR count). The summed E-state index contributed by atoms with van der Waals surface area (Å²) in [6.07, 6.45) is 3.97. The van der Waals surface area contributed by atoms with E-state index in [1.807, 2.05) is 16.9 Å². The first-order valence-electron chi connectivity index (χ1n) is 11.1. The third-order valence-electron chi connectivity index (χ3n) is 6.86. The summed E-state index contributed by atoms with van der Waals surface area (Å²) in [7, 11) is 0. The maximum Gasteiger partial charge on any atom is 0.229 e. The SMILES string of the molecule is O=C(NCc1ccc(F)cc1)[C@H]1C[NH+]2CC[C@@H]1C[C@@H]2Cn1cc(-c2cccc(O)c2)nn1. The van der Waals surface area contributed by atoms with Crippen molar-refractivity contribution in [1.29, 1.82) is 0 Å². The molecule has 3 N–H and O–H groups in total. The van der Waals surface area contributed by atoms with Crippen LogP contribution in [0.1, 0.15) is 18.4 Å². The topological polar surface area (TPSA) is 84.5 Å². The molecule has 1 amide bonds. The van der Waals surface area contributed by atoms with Gasteiger partial charge in [-0.2, -0.15) is 0 Å². The Balaban J connectivity index is 1.18. The van der Waals surface area contributed by atoms with E-state index in [9.17, 15) is 14.3 Å². The van der Waals surface area contributed by atoms with Crippen LogP contribution in [0.2, 0.25) is 0 Å². The number of quaternary nitrogens is 1. The molecule has 2 bridgehead atoms. The van der Waals surface area contributed by atoms with Crippen LogP contribution in [0.25, 0.3) is 11.3 Å². The quantitative estimate of drug-likeness (QED) is 0.546. The molecule has 32 heavy (non-hydrogen) atoms. The van der Waals surface area contributed by atoms with Crippen molar-refractivity contribution in [3.05, 3.63) is 66.1 Å². The minimum atomic E-state index is -0.270. The van der Waals surface area contributed by atoms with E-state index in [2.05, 4.69) is 15.6 Å². The molecule has 166 valence electrons. The van der Waals surface area contributed by atoms with Gasteiger partial charge >= 0.3 is 0 Å². The summed E-state index contributed by atoms with van der Waals surface area (Å²) in [5, 5.41) is 21.3. The number of hydrogen-bond acceptors (Lipinski definition) is 4. The van der Waals surface area contributed by atoms with Crippen LogP contribution in [0.5, 0.6) is 5.75 Å². The molecule has 2 aromatic carbocycles. The number of phenols is 1. The van der Waals surface area contributed by atoms with Gasteiger partial charge in [0, 0.05) is 24.9 Å². The van der Waals surface area contributed by atoms with Crippen molar-refractivity contribution in [1.82, 2.24) is 20.3 Å². The first-order valence-corrected chi connectivity index (χ1v) is 11.1. The summed E-state index contributed by atoms with van der Waals surface area (Å²) in [5.74, 6) is 0.435. The molecule has 3 saturated heterocycles. The highest BCUT2D eigenvalue weighted by Gasteiger charge is 2.46. The lowest BCUT2D eigenvalue weighted by Crippen LogP contribution is -3.20. The summed E-state index contributed by atoms with van der Waals surface area (Å²) < 4.78 is 14.9. The minimum absolute atomic E-state index is 0.0223. The second kappa shape index (κ2) is 8.70. The van der Waals surface area contributed by atoms with E-state index in [1.165, 1.54) is 17.0 Å². The molecule has 7 nitrogen and oxygen atoms in total. The molecule has 3 aromatic rings. The fourth-order valence-corrected chi connectivity index (χ4v) is 5.15. The van der Waals surface area contributed by atoms with Crippen molar-refractivity contribution in [2.24, 2.45) is 11.8 Å². The lowest BCUT2D eigenvalue weighted by molar-refractivity contribution is -0.945. The van der Waals surface area contributed by atoms with Gasteiger partial charge in [0.2, 0.25) is 5.91 Å². The molecule has 8 heteroatoms. The molecule has 4 heterocycles. The predicted octanol–water partition coefficient (Wildman–Crippen LogP) is 1.40. The number of amides is 1. The van der Waals surface area contributed by atoms with Gasteiger partial charge < -0.3 is 15.3 Å². The lowest BCUT2D eigenvalue weighted by atomic mass is 9.75. The number of carbonyl (C=O) groups is 1. The van der Waals surface area contributed by atoms with Crippen molar-refractivity contribution < 1.29 is 19.2 Å². The van der Waals surface area contributed by atoms with Gasteiger partial charge in [-0.3, -0.25) is 4.79 Å². The standard InChI is InChI=1S/C24H26FN5O2/c25-19-6-4-16(5-7-19)12-26-24(32)22-14-29-9-8-17(22)10-20(29)13-30-15-23(27-28-30)18-2-1-3-21(31)11-18/h1-7,11,15,17,20,22,31H,8-10,12-14H2,(H,26,32)/p+1/t17-,20-,22+/m1/s1. The van der Waals surface area contributed by atoms with Gasteiger partial charge in [-0.15, -0.1) is 5.10 Å². The van der Waals surface area contributed by atoms with Gasteiger partial charge in [0.15, 0.2) is 0 Å². The second-order valence-electron chi connectivity index (χ2n) is 8.92. The number of piperidine rings is 3. The first kappa shape index (κ1) is 20.6. The second-order valence-corrected chi connectivity index (χ2v) is 8.92. The largest absolute Gasteiger partial charge is 0.508 e. The molecule has 1 unspecified atom stereocenters. The van der Waals surface area contributed by atoms with Crippen molar-refractivity contribution >= 4 is 5.91 Å². The Morgan fingerprint density at radius 1 is 1.25 bits per heavy atom. The molecule has 0 saturated carbocycles. The summed E-state index contributed by atoms with van der Waals surface area (Å²) in [4.78, 5) is 14.3. The van der Waals surface area contributed by atoms with Crippen molar-refractivity contribution in [3.8, 4) is 17.0 Å². The summed E-state index contributed by atoms with van der Waals surface area (Å²) in [6.45, 7) is 3.10. The van der Waals surface area contributed by atoms with Gasteiger partial charge in [0.1, 0.15) is 23.3 Å². The lowest BCUT2D eigenvalue weighted by Gasteiger charge is -2.46. The highest BCUT2D eigenvalue weighted by atomic mass is 19.1. The number of nitrogens with one attached hydrogen (secondary N) is 2. The molecule has 0 aliphatic carbocycles. The Kier molecular flexibility index (Phi) is 5.61. The summed E-state index contributed by atoms with van der Waals surface area (Å²) >= 11 is 0. The average molecular weight is 437 g/mol. The predicted molar refractivity (Wildman–Crippen MR) is 116 cm³/mol. The van der Waals surface area contributed by atoms with Gasteiger partial charge in [0.05, 0.1) is 31.7 Å². The zero-order valence-electron chi connectivity index (χ0n) is 17.7. The zero-order chi connectivity index (χ0) is 22.1. The monoisotopic (exact) mass is 436 g/mol. The van der Waals surface area contributed by atoms with Crippen LogP contribution in [-0.4, -0.2) is 45.1 Å². The van der Waals surface area contributed by atoms with E-state index in [0.29, 0.717) is 18.5 Å². The number of nitrogens with zero attached hydrogens (tertiary/aromatic N) is 3. The molecular weight excluding hydrogens is 409 g/mol. The maximum atomic E-state index is 13.1. The number of aromatic hydroxyl groups is 1. The minimum Gasteiger partial charge on any atom is -0.508 e. The number of aromatic nitrogens is 3. The Morgan fingerprint density at radius 2 is 2.09 bits per heavy atom. The van der Waals surface area contributed by atoms with Crippen LogP contribution < -0.4 is 10.2 Å². The van der Waals surface area contributed by atoms with Crippen LogP contribution in [0.4, 0.5) is 4.39 Å². The number of rotatable bonds is 6. The van der Waals surface area contributed by atoms with Crippen LogP contribution in [0.3, 0.4) is 0 Å². The van der Waals surface area contributed by atoms with E-state index in [-0.39, 0.29) is 23.4 Å². The molecule has 3 aliphatic heterocycles. The van der Waals surface area contributed by atoms with Crippen LogP contribution in [0, 0.1) is 17.7 Å². The fraction of sp³-hybridized carbons (Fsp3) is 0.375. The Bertz CT molecular complexity index is 1100. The van der Waals surface area contributed by atoms with Gasteiger partial charge in [-0.1, -0.05) is 29.5 Å². The van der Waals surface area contributed by atoms with Crippen molar-refractivity contribution in [2.45, 2.75) is 32.0 Å². The molecule has 3 fully saturated rings. The molecule has 0 spiro atoms. The Hall–Kier alpha value is -3.26. The third kappa shape index (κ3) is 4.36. The maximum absolute atomic E-state index is 13.1. The molecule has 4 atom stereocenters. The van der Waals surface area contributed by atoms with Gasteiger partial charge in [-0.05, 0) is 35.7 Å². The molecule has 3 aliphatic rings.